The Labute approximate surface area is 209 Å². The molecule has 35 heavy (non-hydrogen) atoms. The van der Waals surface area contributed by atoms with Crippen molar-refractivity contribution in [1.82, 2.24) is 25.2 Å². The molecular weight excluding hydrogens is 464 g/mol. The highest BCUT2D eigenvalue weighted by Gasteiger charge is 2.34. The molecule has 1 aliphatic heterocycles. The Balaban J connectivity index is 1.26. The minimum Gasteiger partial charge on any atom is -0.360 e. The molecule has 2 amide bonds. The second-order valence-electron chi connectivity index (χ2n) is 9.25. The number of nitrogens with one attached hydrogen (secondary N) is 3. The van der Waals surface area contributed by atoms with Gasteiger partial charge in [0.25, 0.3) is 0 Å². The van der Waals surface area contributed by atoms with Crippen LogP contribution in [0.15, 0.2) is 49.3 Å². The lowest BCUT2D eigenvalue weighted by atomic mass is 9.90. The number of carbonyl (C=O) groups excluding carboxylic acids is 2. The van der Waals surface area contributed by atoms with Gasteiger partial charge in [-0.3, -0.25) is 9.59 Å². The Bertz CT molecular complexity index is 1260. The van der Waals surface area contributed by atoms with Crippen molar-refractivity contribution >= 4 is 40.3 Å². The van der Waals surface area contributed by atoms with Gasteiger partial charge in [0.1, 0.15) is 6.04 Å². The molecule has 8 nitrogen and oxygen atoms in total. The van der Waals surface area contributed by atoms with E-state index in [4.69, 9.17) is 16.6 Å². The molecule has 1 saturated heterocycles. The largest absolute Gasteiger partial charge is 0.360 e. The number of halogens is 1. The smallest absolute Gasteiger partial charge is 0.246 e. The SMILES string of the molecule is C=CC(=O)N1CCC[C@@H]1C(=O)N[C@H]1CCC[C@@H](Nc2ncc(Cl)c(-c3c[nH]c4ccccc34)n2)C1. The van der Waals surface area contributed by atoms with Gasteiger partial charge in [-0.05, 0) is 50.7 Å². The topological polar surface area (TPSA) is 103 Å². The average molecular weight is 493 g/mol. The van der Waals surface area contributed by atoms with E-state index in [1.54, 1.807) is 11.1 Å². The molecule has 3 aromatic rings. The Morgan fingerprint density at radius 3 is 2.86 bits per heavy atom. The lowest BCUT2D eigenvalue weighted by Crippen LogP contribution is -2.50. The summed E-state index contributed by atoms with van der Waals surface area (Å²) in [6.07, 6.45) is 9.96. The molecule has 5 rings (SSSR count). The number of benzene rings is 1. The van der Waals surface area contributed by atoms with Crippen molar-refractivity contribution in [3.8, 4) is 11.3 Å². The number of anilines is 1. The van der Waals surface area contributed by atoms with E-state index >= 15 is 0 Å². The molecule has 2 aromatic heterocycles. The van der Waals surface area contributed by atoms with E-state index in [0.717, 1.165) is 48.6 Å². The van der Waals surface area contributed by atoms with Crippen LogP contribution in [0.1, 0.15) is 38.5 Å². The minimum absolute atomic E-state index is 0.0374. The average Bonchev–Trinajstić information content (AvgIpc) is 3.53. The summed E-state index contributed by atoms with van der Waals surface area (Å²) >= 11 is 6.47. The van der Waals surface area contributed by atoms with Crippen molar-refractivity contribution in [2.75, 3.05) is 11.9 Å². The summed E-state index contributed by atoms with van der Waals surface area (Å²) in [6, 6.07) is 7.78. The lowest BCUT2D eigenvalue weighted by molar-refractivity contribution is -0.135. The fourth-order valence-electron chi connectivity index (χ4n) is 5.25. The maximum atomic E-state index is 12.9. The third-order valence-corrected chi connectivity index (χ3v) is 7.23. The Morgan fingerprint density at radius 1 is 1.17 bits per heavy atom. The van der Waals surface area contributed by atoms with Gasteiger partial charge in [-0.1, -0.05) is 36.4 Å². The highest BCUT2D eigenvalue weighted by molar-refractivity contribution is 6.33. The van der Waals surface area contributed by atoms with Crippen LogP contribution in [-0.4, -0.2) is 56.3 Å². The summed E-state index contributed by atoms with van der Waals surface area (Å²) in [4.78, 5) is 39.0. The summed E-state index contributed by atoms with van der Waals surface area (Å²) in [7, 11) is 0. The summed E-state index contributed by atoms with van der Waals surface area (Å²) in [5.41, 5.74) is 2.63. The quantitative estimate of drug-likeness (QED) is 0.445. The number of nitrogens with zero attached hydrogens (tertiary/aromatic N) is 3. The van der Waals surface area contributed by atoms with Crippen molar-refractivity contribution in [1.29, 1.82) is 0 Å². The number of carbonyl (C=O) groups is 2. The zero-order valence-electron chi connectivity index (χ0n) is 19.5. The number of hydrogen-bond donors (Lipinski definition) is 3. The first kappa shape index (κ1) is 23.4. The summed E-state index contributed by atoms with van der Waals surface area (Å²) in [5.74, 6) is 0.259. The van der Waals surface area contributed by atoms with Crippen molar-refractivity contribution < 1.29 is 9.59 Å². The lowest BCUT2D eigenvalue weighted by Gasteiger charge is -2.32. The maximum absolute atomic E-state index is 12.9. The van der Waals surface area contributed by atoms with Crippen molar-refractivity contribution in [2.24, 2.45) is 0 Å². The maximum Gasteiger partial charge on any atom is 0.246 e. The van der Waals surface area contributed by atoms with E-state index in [1.807, 2.05) is 30.5 Å². The number of H-pyrrole nitrogens is 1. The van der Waals surface area contributed by atoms with E-state index in [9.17, 15) is 9.59 Å². The van der Waals surface area contributed by atoms with Gasteiger partial charge in [0.2, 0.25) is 17.8 Å². The van der Waals surface area contributed by atoms with E-state index in [0.29, 0.717) is 29.6 Å². The molecule has 0 spiro atoms. The van der Waals surface area contributed by atoms with Gasteiger partial charge in [0.15, 0.2) is 0 Å². The highest BCUT2D eigenvalue weighted by atomic mass is 35.5. The number of aromatic nitrogens is 3. The fraction of sp³-hybridized carbons (Fsp3) is 0.385. The molecule has 2 aliphatic rings. The molecule has 0 bridgehead atoms. The predicted molar refractivity (Wildman–Crippen MR) is 137 cm³/mol. The number of para-hydroxylation sites is 1. The molecule has 3 heterocycles. The van der Waals surface area contributed by atoms with Gasteiger partial charge in [0.05, 0.1) is 16.9 Å². The van der Waals surface area contributed by atoms with Gasteiger partial charge in [-0.25, -0.2) is 9.97 Å². The zero-order valence-corrected chi connectivity index (χ0v) is 20.2. The molecule has 1 aliphatic carbocycles. The van der Waals surface area contributed by atoms with Gasteiger partial charge < -0.3 is 20.5 Å². The molecule has 3 atom stereocenters. The van der Waals surface area contributed by atoms with Crippen molar-refractivity contribution in [3.63, 3.8) is 0 Å². The molecule has 0 radical (unpaired) electrons. The fourth-order valence-corrected chi connectivity index (χ4v) is 5.44. The predicted octanol–water partition coefficient (Wildman–Crippen LogP) is 4.29. The molecule has 0 unspecified atom stereocenters. The van der Waals surface area contributed by atoms with E-state index in [-0.39, 0.29) is 23.9 Å². The van der Waals surface area contributed by atoms with E-state index < -0.39 is 6.04 Å². The normalized spacial score (nSPS) is 22.2. The van der Waals surface area contributed by atoms with Crippen molar-refractivity contribution in [2.45, 2.75) is 56.7 Å². The molecule has 1 aromatic carbocycles. The van der Waals surface area contributed by atoms with Crippen LogP contribution in [0.25, 0.3) is 22.2 Å². The number of hydrogen-bond acceptors (Lipinski definition) is 5. The summed E-state index contributed by atoms with van der Waals surface area (Å²) in [6.45, 7) is 4.16. The number of amides is 2. The van der Waals surface area contributed by atoms with Crippen molar-refractivity contribution in [3.05, 3.63) is 54.3 Å². The number of rotatable bonds is 6. The number of aromatic amines is 1. The van der Waals surface area contributed by atoms with E-state index in [1.165, 1.54) is 6.08 Å². The second-order valence-corrected chi connectivity index (χ2v) is 9.65. The van der Waals surface area contributed by atoms with Crippen LogP contribution in [0.5, 0.6) is 0 Å². The van der Waals surface area contributed by atoms with Crippen LogP contribution >= 0.6 is 11.6 Å². The van der Waals surface area contributed by atoms with Crippen LogP contribution < -0.4 is 10.6 Å². The molecule has 9 heteroatoms. The van der Waals surface area contributed by atoms with Gasteiger partial charge >= 0.3 is 0 Å². The van der Waals surface area contributed by atoms with Gasteiger partial charge in [-0.2, -0.15) is 0 Å². The highest BCUT2D eigenvalue weighted by Crippen LogP contribution is 2.33. The first-order chi connectivity index (χ1) is 17.0. The van der Waals surface area contributed by atoms with Crippen LogP contribution in [0.3, 0.4) is 0 Å². The van der Waals surface area contributed by atoms with Gasteiger partial charge in [-0.15, -0.1) is 0 Å². The number of likely N-dealkylation sites (tertiary alicyclic amines) is 1. The van der Waals surface area contributed by atoms with Crippen LogP contribution in [0, 0.1) is 0 Å². The Kier molecular flexibility index (Phi) is 6.72. The van der Waals surface area contributed by atoms with Crippen LogP contribution in [-0.2, 0) is 9.59 Å². The first-order valence-corrected chi connectivity index (χ1v) is 12.5. The van der Waals surface area contributed by atoms with Gasteiger partial charge in [0, 0.05) is 41.3 Å². The molecule has 3 N–H and O–H groups in total. The van der Waals surface area contributed by atoms with Crippen LogP contribution in [0.4, 0.5) is 5.95 Å². The number of fused-ring (bicyclic) bond motifs is 1. The molecule has 182 valence electrons. The molecular formula is C26H29ClN6O2. The van der Waals surface area contributed by atoms with Crippen LogP contribution in [0.2, 0.25) is 5.02 Å². The monoisotopic (exact) mass is 492 g/mol. The standard InChI is InChI=1S/C26H29ClN6O2/c1-2-23(34)33-12-6-11-22(33)25(35)30-16-7-5-8-17(13-16)31-26-29-15-20(27)24(32-26)19-14-28-21-10-4-3-9-18(19)21/h2-4,9-10,14-17,22,28H,1,5-8,11-13H2,(H,30,35)(H,29,31,32)/t16-,17+,22+/m0/s1. The Hall–Kier alpha value is -3.39. The molecule has 1 saturated carbocycles. The zero-order chi connectivity index (χ0) is 24.4. The second kappa shape index (κ2) is 10.1. The first-order valence-electron chi connectivity index (χ1n) is 12.1. The van der Waals surface area contributed by atoms with E-state index in [2.05, 4.69) is 27.2 Å². The third-order valence-electron chi connectivity index (χ3n) is 6.96. The molecule has 2 fully saturated rings. The third kappa shape index (κ3) is 4.89. The Morgan fingerprint density at radius 2 is 2.00 bits per heavy atom. The minimum atomic E-state index is -0.410. The summed E-state index contributed by atoms with van der Waals surface area (Å²) < 4.78 is 0. The summed E-state index contributed by atoms with van der Waals surface area (Å²) in [5, 5.41) is 8.16.